The molecule has 5 rings (SSSR count). The van der Waals surface area contributed by atoms with Crippen LogP contribution in [0.1, 0.15) is 39.4 Å². The molecule has 1 aliphatic carbocycles. The van der Waals surface area contributed by atoms with E-state index >= 15 is 0 Å². The predicted octanol–water partition coefficient (Wildman–Crippen LogP) is 5.53. The molecule has 0 aromatic heterocycles. The first kappa shape index (κ1) is 22.5. The predicted molar refractivity (Wildman–Crippen MR) is 134 cm³/mol. The number of amides is 1. The molecule has 1 aliphatic rings. The van der Waals surface area contributed by atoms with Gasteiger partial charge in [-0.05, 0) is 52.8 Å². The maximum absolute atomic E-state index is 12.3. The van der Waals surface area contributed by atoms with Crippen LogP contribution >= 0.6 is 0 Å². The molecule has 6 heteroatoms. The molecule has 4 aromatic rings. The number of ether oxygens (including phenoxy) is 1. The molecule has 6 nitrogen and oxygen atoms in total. The number of carbonyl (C=O) groups excluding carboxylic acids is 2. The third-order valence-corrected chi connectivity index (χ3v) is 6.56. The van der Waals surface area contributed by atoms with E-state index in [2.05, 4.69) is 29.6 Å². The molecule has 0 fully saturated rings. The van der Waals surface area contributed by atoms with Crippen LogP contribution in [0, 0.1) is 0 Å². The number of aryl methyl sites for hydroxylation is 1. The fourth-order valence-corrected chi connectivity index (χ4v) is 4.84. The number of rotatable bonds is 7. The maximum atomic E-state index is 12.3. The Kier molecular flexibility index (Phi) is 6.10. The topological polar surface area (TPSA) is 95.9 Å². The van der Waals surface area contributed by atoms with Crippen molar-refractivity contribution in [3.05, 3.63) is 95.1 Å². The van der Waals surface area contributed by atoms with Gasteiger partial charge >= 0.3 is 6.09 Å². The van der Waals surface area contributed by atoms with Crippen LogP contribution in [0.25, 0.3) is 21.9 Å². The number of aromatic hydroxyl groups is 2. The molecule has 0 saturated heterocycles. The zero-order valence-electron chi connectivity index (χ0n) is 19.0. The van der Waals surface area contributed by atoms with E-state index in [-0.39, 0.29) is 29.6 Å². The third-order valence-electron chi connectivity index (χ3n) is 6.56. The van der Waals surface area contributed by atoms with Crippen LogP contribution in [0.4, 0.5) is 4.79 Å². The molecule has 1 amide bonds. The summed E-state index contributed by atoms with van der Waals surface area (Å²) in [5.41, 5.74) is 5.68. The zero-order chi connectivity index (χ0) is 24.4. The van der Waals surface area contributed by atoms with E-state index in [0.717, 1.165) is 5.56 Å². The molecule has 0 unspecified atom stereocenters. The molecular formula is C29H25NO5. The molecule has 0 heterocycles. The Balaban J connectivity index is 1.16. The first-order valence-corrected chi connectivity index (χ1v) is 11.6. The SMILES string of the molecule is O=Cc1cc(O)c2ccc(CCCNC(=O)OCC3c4ccccc4-c4ccccc43)cc2c1O. The van der Waals surface area contributed by atoms with Gasteiger partial charge in [-0.15, -0.1) is 0 Å². The monoisotopic (exact) mass is 467 g/mol. The van der Waals surface area contributed by atoms with Crippen LogP contribution in [0.2, 0.25) is 0 Å². The Labute approximate surface area is 202 Å². The van der Waals surface area contributed by atoms with E-state index in [9.17, 15) is 19.8 Å². The molecule has 4 aromatic carbocycles. The normalized spacial score (nSPS) is 12.2. The number of hydrogen-bond donors (Lipinski definition) is 3. The van der Waals surface area contributed by atoms with Crippen LogP contribution in [0.5, 0.6) is 11.5 Å². The van der Waals surface area contributed by atoms with Gasteiger partial charge in [-0.2, -0.15) is 0 Å². The number of aldehydes is 1. The summed E-state index contributed by atoms with van der Waals surface area (Å²) in [6, 6.07) is 23.0. The van der Waals surface area contributed by atoms with Crippen molar-refractivity contribution in [3.8, 4) is 22.6 Å². The molecule has 0 aliphatic heterocycles. The summed E-state index contributed by atoms with van der Waals surface area (Å²) in [4.78, 5) is 23.5. The summed E-state index contributed by atoms with van der Waals surface area (Å²) >= 11 is 0. The standard InChI is InChI=1S/C29H25NO5/c31-16-19-15-27(32)24-12-11-18(14-25(24)28(19)33)6-5-13-30-29(34)35-17-26-22-9-3-1-7-20(22)21-8-2-4-10-23(21)26/h1-4,7-12,14-16,26,32-33H,5-6,13,17H2,(H,30,34). The second-order valence-electron chi connectivity index (χ2n) is 8.69. The fourth-order valence-electron chi connectivity index (χ4n) is 4.84. The number of phenols is 2. The molecule has 0 atom stereocenters. The highest BCUT2D eigenvalue weighted by Gasteiger charge is 2.28. The van der Waals surface area contributed by atoms with Crippen LogP contribution < -0.4 is 5.32 Å². The highest BCUT2D eigenvalue weighted by Crippen LogP contribution is 2.44. The van der Waals surface area contributed by atoms with Gasteiger partial charge in [0.25, 0.3) is 0 Å². The molecule has 0 bridgehead atoms. The van der Waals surface area contributed by atoms with Gasteiger partial charge in [0.2, 0.25) is 0 Å². The molecule has 176 valence electrons. The molecular weight excluding hydrogens is 442 g/mol. The molecule has 0 radical (unpaired) electrons. The summed E-state index contributed by atoms with van der Waals surface area (Å²) in [6.07, 6.45) is 1.36. The van der Waals surface area contributed by atoms with Gasteiger partial charge < -0.3 is 20.3 Å². The van der Waals surface area contributed by atoms with Gasteiger partial charge in [-0.25, -0.2) is 4.79 Å². The van der Waals surface area contributed by atoms with Gasteiger partial charge in [0.1, 0.15) is 18.1 Å². The number of hydrogen-bond acceptors (Lipinski definition) is 5. The first-order valence-electron chi connectivity index (χ1n) is 11.6. The lowest BCUT2D eigenvalue weighted by molar-refractivity contribution is 0.112. The Morgan fingerprint density at radius 3 is 2.29 bits per heavy atom. The second kappa shape index (κ2) is 9.50. The summed E-state index contributed by atoms with van der Waals surface area (Å²) < 4.78 is 5.56. The fraction of sp³-hybridized carbons (Fsp3) is 0.172. The highest BCUT2D eigenvalue weighted by molar-refractivity contribution is 5.99. The Morgan fingerprint density at radius 1 is 0.914 bits per heavy atom. The minimum absolute atomic E-state index is 0.0195. The van der Waals surface area contributed by atoms with Crippen molar-refractivity contribution in [3.63, 3.8) is 0 Å². The average Bonchev–Trinajstić information content (AvgIpc) is 3.21. The van der Waals surface area contributed by atoms with Crippen molar-refractivity contribution < 1.29 is 24.5 Å². The lowest BCUT2D eigenvalue weighted by Gasteiger charge is -2.14. The van der Waals surface area contributed by atoms with Crippen molar-refractivity contribution in [2.45, 2.75) is 18.8 Å². The third kappa shape index (κ3) is 4.30. The van der Waals surface area contributed by atoms with E-state index in [1.165, 1.54) is 28.3 Å². The van der Waals surface area contributed by atoms with Crippen LogP contribution in [0.3, 0.4) is 0 Å². The molecule has 35 heavy (non-hydrogen) atoms. The first-order chi connectivity index (χ1) is 17.1. The van der Waals surface area contributed by atoms with Crippen molar-refractivity contribution in [2.75, 3.05) is 13.2 Å². The van der Waals surface area contributed by atoms with E-state index in [1.54, 1.807) is 12.1 Å². The zero-order valence-corrected chi connectivity index (χ0v) is 19.0. The van der Waals surface area contributed by atoms with Crippen molar-refractivity contribution in [1.82, 2.24) is 5.32 Å². The highest BCUT2D eigenvalue weighted by atomic mass is 16.5. The van der Waals surface area contributed by atoms with Gasteiger partial charge in [-0.3, -0.25) is 4.79 Å². The van der Waals surface area contributed by atoms with Crippen LogP contribution in [-0.4, -0.2) is 35.7 Å². The number of phenolic OH excluding ortho intramolecular Hbond substituents is 2. The minimum atomic E-state index is -0.455. The van der Waals surface area contributed by atoms with Crippen LogP contribution in [0.15, 0.2) is 72.8 Å². The van der Waals surface area contributed by atoms with E-state index in [1.807, 2.05) is 30.3 Å². The largest absolute Gasteiger partial charge is 0.507 e. The Morgan fingerprint density at radius 2 is 1.60 bits per heavy atom. The van der Waals surface area contributed by atoms with Crippen molar-refractivity contribution in [2.24, 2.45) is 0 Å². The lowest BCUT2D eigenvalue weighted by Crippen LogP contribution is -2.27. The van der Waals surface area contributed by atoms with Crippen molar-refractivity contribution in [1.29, 1.82) is 0 Å². The van der Waals surface area contributed by atoms with E-state index in [4.69, 9.17) is 4.74 Å². The maximum Gasteiger partial charge on any atom is 0.407 e. The van der Waals surface area contributed by atoms with E-state index in [0.29, 0.717) is 36.4 Å². The molecule has 0 spiro atoms. The molecule has 3 N–H and O–H groups in total. The number of fused-ring (bicyclic) bond motifs is 4. The Bertz CT molecular complexity index is 1380. The molecule has 0 saturated carbocycles. The van der Waals surface area contributed by atoms with Crippen molar-refractivity contribution >= 4 is 23.2 Å². The summed E-state index contributed by atoms with van der Waals surface area (Å²) in [5, 5.41) is 24.1. The quantitative estimate of drug-likeness (QED) is 0.189. The smallest absolute Gasteiger partial charge is 0.407 e. The number of benzene rings is 4. The average molecular weight is 468 g/mol. The van der Waals surface area contributed by atoms with Gasteiger partial charge in [0.05, 0.1) is 5.56 Å². The summed E-state index contributed by atoms with van der Waals surface area (Å²) in [7, 11) is 0. The summed E-state index contributed by atoms with van der Waals surface area (Å²) in [6.45, 7) is 0.701. The Hall–Kier alpha value is -4.32. The van der Waals surface area contributed by atoms with Gasteiger partial charge in [0.15, 0.2) is 6.29 Å². The van der Waals surface area contributed by atoms with Gasteiger partial charge in [-0.1, -0.05) is 60.7 Å². The number of carbonyl (C=O) groups is 2. The summed E-state index contributed by atoms with van der Waals surface area (Å²) in [5.74, 6) is -0.180. The number of alkyl carbamates (subject to hydrolysis) is 1. The number of nitrogens with one attached hydrogen (secondary N) is 1. The van der Waals surface area contributed by atoms with Gasteiger partial charge in [0, 0.05) is 23.2 Å². The van der Waals surface area contributed by atoms with Crippen LogP contribution in [-0.2, 0) is 11.2 Å². The minimum Gasteiger partial charge on any atom is -0.507 e. The second-order valence-corrected chi connectivity index (χ2v) is 8.69. The lowest BCUT2D eigenvalue weighted by atomic mass is 9.98. The van der Waals surface area contributed by atoms with E-state index < -0.39 is 6.09 Å².